The smallest absolute Gasteiger partial charge is 0.250 e. The van der Waals surface area contributed by atoms with E-state index >= 15 is 0 Å². The van der Waals surface area contributed by atoms with E-state index in [2.05, 4.69) is 4.98 Å². The number of hydrogen-bond donors (Lipinski definition) is 2. The van der Waals surface area contributed by atoms with Gasteiger partial charge in [-0.25, -0.2) is 0 Å². The highest BCUT2D eigenvalue weighted by Crippen LogP contribution is 2.35. The zero-order valence-electron chi connectivity index (χ0n) is 10.1. The first kappa shape index (κ1) is 12.5. The fourth-order valence-corrected chi connectivity index (χ4v) is 2.21. The maximum absolute atomic E-state index is 11.4. The van der Waals surface area contributed by atoms with E-state index in [4.69, 9.17) is 22.1 Å². The average Bonchev–Trinajstić information content (AvgIpc) is 2.26. The van der Waals surface area contributed by atoms with Gasteiger partial charge < -0.3 is 15.5 Å². The molecule has 3 N–H and O–H groups in total. The quantitative estimate of drug-likeness (QED) is 0.876. The van der Waals surface area contributed by atoms with Crippen LogP contribution in [0.25, 0.3) is 11.1 Å². The second-order valence-corrected chi connectivity index (χ2v) is 4.43. The number of ether oxygens (including phenoxy) is 1. The summed E-state index contributed by atoms with van der Waals surface area (Å²) in [4.78, 5) is 13.9. The Labute approximate surface area is 109 Å². The molecule has 0 spiro atoms. The van der Waals surface area contributed by atoms with Gasteiger partial charge in [0.2, 0.25) is 5.56 Å². The van der Waals surface area contributed by atoms with Crippen LogP contribution < -0.4 is 16.0 Å². The molecule has 0 unspecified atom stereocenters. The molecule has 0 fully saturated rings. The lowest BCUT2D eigenvalue weighted by Gasteiger charge is -2.12. The highest BCUT2D eigenvalue weighted by Gasteiger charge is 2.11. The summed E-state index contributed by atoms with van der Waals surface area (Å²) in [6.07, 6.45) is 0. The van der Waals surface area contributed by atoms with Crippen LogP contribution in [0.4, 0.5) is 5.82 Å². The molecule has 1 heterocycles. The van der Waals surface area contributed by atoms with Crippen LogP contribution in [0.15, 0.2) is 29.1 Å². The molecule has 1 aromatic heterocycles. The molecule has 0 aliphatic heterocycles. The van der Waals surface area contributed by atoms with E-state index in [0.29, 0.717) is 22.2 Å². The van der Waals surface area contributed by atoms with E-state index < -0.39 is 0 Å². The Hall–Kier alpha value is -1.94. The lowest BCUT2D eigenvalue weighted by atomic mass is 10.0. The standard InChI is InChI=1S/C13H13ClN2O2/c1-7-3-9(14)6-10(13(7)18-2)8-4-11(15)16-12(17)5-8/h3-6H,1-2H3,(H3,15,16,17). The number of methoxy groups -OCH3 is 1. The van der Waals surface area contributed by atoms with Crippen LogP contribution in [0.1, 0.15) is 5.56 Å². The minimum atomic E-state index is -0.260. The highest BCUT2D eigenvalue weighted by molar-refractivity contribution is 6.31. The van der Waals surface area contributed by atoms with E-state index in [1.54, 1.807) is 25.3 Å². The summed E-state index contributed by atoms with van der Waals surface area (Å²) in [5.41, 5.74) is 7.71. The van der Waals surface area contributed by atoms with E-state index in [1.165, 1.54) is 6.07 Å². The molecule has 2 rings (SSSR count). The van der Waals surface area contributed by atoms with Gasteiger partial charge in [0, 0.05) is 16.7 Å². The number of rotatable bonds is 2. The Morgan fingerprint density at radius 3 is 2.61 bits per heavy atom. The maximum atomic E-state index is 11.4. The Balaban J connectivity index is 2.73. The van der Waals surface area contributed by atoms with Crippen molar-refractivity contribution < 1.29 is 4.74 Å². The number of H-pyrrole nitrogens is 1. The number of pyridine rings is 1. The molecule has 0 saturated carbocycles. The van der Waals surface area contributed by atoms with Gasteiger partial charge in [-0.1, -0.05) is 11.6 Å². The first-order chi connectivity index (χ1) is 8.51. The number of aromatic amines is 1. The van der Waals surface area contributed by atoms with Gasteiger partial charge >= 0.3 is 0 Å². The summed E-state index contributed by atoms with van der Waals surface area (Å²) >= 11 is 6.04. The first-order valence-electron chi connectivity index (χ1n) is 5.35. The third kappa shape index (κ3) is 2.33. The second-order valence-electron chi connectivity index (χ2n) is 3.99. The molecule has 0 atom stereocenters. The van der Waals surface area contributed by atoms with Gasteiger partial charge in [0.25, 0.3) is 0 Å². The number of anilines is 1. The number of halogens is 1. The molecule has 0 saturated heterocycles. The lowest BCUT2D eigenvalue weighted by Crippen LogP contribution is -2.07. The Bertz CT molecular complexity index is 650. The molecular weight excluding hydrogens is 252 g/mol. The van der Waals surface area contributed by atoms with Crippen molar-refractivity contribution in [3.05, 3.63) is 45.2 Å². The van der Waals surface area contributed by atoms with Crippen molar-refractivity contribution in [3.8, 4) is 16.9 Å². The minimum Gasteiger partial charge on any atom is -0.496 e. The van der Waals surface area contributed by atoms with Crippen molar-refractivity contribution in [3.63, 3.8) is 0 Å². The third-order valence-corrected chi connectivity index (χ3v) is 2.84. The molecule has 0 bridgehead atoms. The Morgan fingerprint density at radius 1 is 1.28 bits per heavy atom. The van der Waals surface area contributed by atoms with Gasteiger partial charge in [-0.05, 0) is 36.2 Å². The Kier molecular flexibility index (Phi) is 3.30. The molecule has 2 aromatic rings. The molecule has 0 aliphatic rings. The molecule has 1 aromatic carbocycles. The zero-order chi connectivity index (χ0) is 13.3. The number of hydrogen-bond acceptors (Lipinski definition) is 3. The van der Waals surface area contributed by atoms with Gasteiger partial charge in [0.15, 0.2) is 0 Å². The molecule has 5 heteroatoms. The predicted molar refractivity (Wildman–Crippen MR) is 73.2 cm³/mol. The molecule has 4 nitrogen and oxygen atoms in total. The first-order valence-corrected chi connectivity index (χ1v) is 5.73. The largest absolute Gasteiger partial charge is 0.496 e. The number of benzene rings is 1. The maximum Gasteiger partial charge on any atom is 0.250 e. The molecule has 0 radical (unpaired) electrons. The summed E-state index contributed by atoms with van der Waals surface area (Å²) in [7, 11) is 1.58. The Morgan fingerprint density at radius 2 is 2.00 bits per heavy atom. The minimum absolute atomic E-state index is 0.260. The number of aromatic nitrogens is 1. The van der Waals surface area contributed by atoms with Crippen LogP contribution in [0.5, 0.6) is 5.75 Å². The van der Waals surface area contributed by atoms with Crippen molar-refractivity contribution in [1.82, 2.24) is 4.98 Å². The van der Waals surface area contributed by atoms with Crippen LogP contribution in [0, 0.1) is 6.92 Å². The number of aryl methyl sites for hydroxylation is 1. The lowest BCUT2D eigenvalue weighted by molar-refractivity contribution is 0.413. The number of nitrogen functional groups attached to an aromatic ring is 1. The van der Waals surface area contributed by atoms with Crippen molar-refractivity contribution in [2.24, 2.45) is 0 Å². The van der Waals surface area contributed by atoms with E-state index in [9.17, 15) is 4.79 Å². The van der Waals surface area contributed by atoms with E-state index in [-0.39, 0.29) is 5.56 Å². The topological polar surface area (TPSA) is 68.1 Å². The monoisotopic (exact) mass is 264 g/mol. The average molecular weight is 265 g/mol. The van der Waals surface area contributed by atoms with Gasteiger partial charge in [0.05, 0.1) is 7.11 Å². The van der Waals surface area contributed by atoms with Crippen LogP contribution in [-0.2, 0) is 0 Å². The van der Waals surface area contributed by atoms with Gasteiger partial charge in [-0.15, -0.1) is 0 Å². The van der Waals surface area contributed by atoms with Gasteiger partial charge in [-0.3, -0.25) is 4.79 Å². The number of nitrogens with one attached hydrogen (secondary N) is 1. The van der Waals surface area contributed by atoms with E-state index in [1.807, 2.05) is 6.92 Å². The van der Waals surface area contributed by atoms with Crippen LogP contribution in [0.3, 0.4) is 0 Å². The normalized spacial score (nSPS) is 10.4. The SMILES string of the molecule is COc1c(C)cc(Cl)cc1-c1cc(N)[nH]c(=O)c1. The molecule has 94 valence electrons. The predicted octanol–water partition coefficient (Wildman–Crippen LogP) is 2.59. The molecule has 0 amide bonds. The van der Waals surface area contributed by atoms with Crippen LogP contribution >= 0.6 is 11.6 Å². The van der Waals surface area contributed by atoms with Crippen molar-refractivity contribution in [2.45, 2.75) is 6.92 Å². The second kappa shape index (κ2) is 4.74. The van der Waals surface area contributed by atoms with Crippen LogP contribution in [-0.4, -0.2) is 12.1 Å². The zero-order valence-corrected chi connectivity index (χ0v) is 10.8. The molecule has 18 heavy (non-hydrogen) atoms. The van der Waals surface area contributed by atoms with Crippen molar-refractivity contribution in [2.75, 3.05) is 12.8 Å². The summed E-state index contributed by atoms with van der Waals surface area (Å²) in [5.74, 6) is 0.988. The van der Waals surface area contributed by atoms with Crippen molar-refractivity contribution >= 4 is 17.4 Å². The fraction of sp³-hybridized carbons (Fsp3) is 0.154. The fourth-order valence-electron chi connectivity index (χ4n) is 1.94. The highest BCUT2D eigenvalue weighted by atomic mass is 35.5. The van der Waals surface area contributed by atoms with Gasteiger partial charge in [0.1, 0.15) is 11.6 Å². The summed E-state index contributed by atoms with van der Waals surface area (Å²) < 4.78 is 5.35. The number of nitrogens with two attached hydrogens (primary N) is 1. The molecule has 0 aliphatic carbocycles. The summed E-state index contributed by atoms with van der Waals surface area (Å²) in [5, 5.41) is 0.585. The van der Waals surface area contributed by atoms with Crippen LogP contribution in [0.2, 0.25) is 5.02 Å². The summed E-state index contributed by atoms with van der Waals surface area (Å²) in [6.45, 7) is 1.89. The summed E-state index contributed by atoms with van der Waals surface area (Å²) in [6, 6.07) is 6.70. The van der Waals surface area contributed by atoms with Crippen molar-refractivity contribution in [1.29, 1.82) is 0 Å². The molecular formula is C13H13ClN2O2. The van der Waals surface area contributed by atoms with E-state index in [0.717, 1.165) is 11.1 Å². The third-order valence-electron chi connectivity index (χ3n) is 2.62. The van der Waals surface area contributed by atoms with Gasteiger partial charge in [-0.2, -0.15) is 0 Å².